The van der Waals surface area contributed by atoms with Crippen LogP contribution in [0.25, 0.3) is 11.4 Å². The maximum Gasteiger partial charge on any atom is 0.344 e. The van der Waals surface area contributed by atoms with E-state index in [9.17, 15) is 13.6 Å². The van der Waals surface area contributed by atoms with Gasteiger partial charge in [-0.05, 0) is 19.1 Å². The van der Waals surface area contributed by atoms with Crippen LogP contribution in [0.4, 0.5) is 8.78 Å². The Balaban J connectivity index is 2.17. The third kappa shape index (κ3) is 3.53. The first kappa shape index (κ1) is 14.9. The summed E-state index contributed by atoms with van der Waals surface area (Å²) in [4.78, 5) is 15.1. The number of esters is 1. The highest BCUT2D eigenvalue weighted by atomic mass is 19.1. The number of carbonyl (C=O) groups is 1. The van der Waals surface area contributed by atoms with Crippen LogP contribution in [0.3, 0.4) is 0 Å². The van der Waals surface area contributed by atoms with E-state index in [0.29, 0.717) is 0 Å². The smallest absolute Gasteiger partial charge is 0.344 e. The lowest BCUT2D eigenvalue weighted by Crippen LogP contribution is -2.15. The summed E-state index contributed by atoms with van der Waals surface area (Å²) >= 11 is 0. The van der Waals surface area contributed by atoms with Crippen LogP contribution in [0, 0.1) is 11.6 Å². The first-order valence-electron chi connectivity index (χ1n) is 6.16. The second-order valence-corrected chi connectivity index (χ2v) is 4.06. The molecule has 2 rings (SSSR count). The zero-order valence-corrected chi connectivity index (χ0v) is 11.5. The molecule has 6 nitrogen and oxygen atoms in total. The number of aryl methyl sites for hydroxylation is 1. The highest BCUT2D eigenvalue weighted by Gasteiger charge is 2.15. The van der Waals surface area contributed by atoms with E-state index in [2.05, 4.69) is 14.8 Å². The quantitative estimate of drug-likeness (QED) is 0.786. The van der Waals surface area contributed by atoms with Gasteiger partial charge in [0, 0.05) is 13.1 Å². The average molecular weight is 297 g/mol. The van der Waals surface area contributed by atoms with Gasteiger partial charge in [-0.25, -0.2) is 18.3 Å². The molecular weight excluding hydrogens is 284 g/mol. The van der Waals surface area contributed by atoms with Gasteiger partial charge < -0.3 is 9.47 Å². The molecule has 0 N–H and O–H groups in total. The van der Waals surface area contributed by atoms with Crippen molar-refractivity contribution in [2.24, 2.45) is 7.05 Å². The van der Waals surface area contributed by atoms with Gasteiger partial charge in [0.25, 0.3) is 0 Å². The Hall–Kier alpha value is -2.51. The van der Waals surface area contributed by atoms with Crippen LogP contribution in [0.2, 0.25) is 0 Å². The van der Waals surface area contributed by atoms with E-state index < -0.39 is 17.6 Å². The van der Waals surface area contributed by atoms with E-state index in [1.54, 1.807) is 6.92 Å². The second-order valence-electron chi connectivity index (χ2n) is 4.06. The minimum Gasteiger partial charge on any atom is -0.463 e. The van der Waals surface area contributed by atoms with Gasteiger partial charge in [0.05, 0.1) is 12.2 Å². The van der Waals surface area contributed by atoms with Crippen molar-refractivity contribution in [2.45, 2.75) is 6.92 Å². The van der Waals surface area contributed by atoms with Crippen LogP contribution in [0.5, 0.6) is 6.01 Å². The lowest BCUT2D eigenvalue weighted by molar-refractivity contribution is -0.145. The molecule has 0 spiro atoms. The lowest BCUT2D eigenvalue weighted by Gasteiger charge is -2.01. The summed E-state index contributed by atoms with van der Waals surface area (Å²) in [5, 5.41) is 3.90. The van der Waals surface area contributed by atoms with E-state index in [4.69, 9.17) is 4.74 Å². The average Bonchev–Trinajstić information content (AvgIpc) is 2.78. The molecule has 0 aliphatic carbocycles. The molecule has 8 heteroatoms. The van der Waals surface area contributed by atoms with Gasteiger partial charge in [-0.3, -0.25) is 0 Å². The summed E-state index contributed by atoms with van der Waals surface area (Å²) in [5.74, 6) is -1.84. The zero-order valence-electron chi connectivity index (χ0n) is 11.5. The fraction of sp³-hybridized carbons (Fsp3) is 0.308. The zero-order chi connectivity index (χ0) is 15.4. The largest absolute Gasteiger partial charge is 0.463 e. The Kier molecular flexibility index (Phi) is 4.46. The summed E-state index contributed by atoms with van der Waals surface area (Å²) in [6.45, 7) is 1.57. The molecule has 1 aromatic heterocycles. The van der Waals surface area contributed by atoms with Gasteiger partial charge in [0.15, 0.2) is 12.4 Å². The molecule has 0 radical (unpaired) electrons. The Morgan fingerprint density at radius 1 is 1.38 bits per heavy atom. The molecule has 0 bridgehead atoms. The maximum absolute atomic E-state index is 13.7. The molecule has 1 aromatic carbocycles. The van der Waals surface area contributed by atoms with Crippen molar-refractivity contribution >= 4 is 5.97 Å². The topological polar surface area (TPSA) is 66.2 Å². The first-order chi connectivity index (χ1) is 10.0. The molecule has 0 aliphatic rings. The normalized spacial score (nSPS) is 10.5. The fourth-order valence-electron chi connectivity index (χ4n) is 1.65. The number of hydrogen-bond acceptors (Lipinski definition) is 5. The molecule has 0 amide bonds. The number of benzene rings is 1. The van der Waals surface area contributed by atoms with Crippen molar-refractivity contribution in [1.29, 1.82) is 0 Å². The van der Waals surface area contributed by atoms with Gasteiger partial charge in [-0.2, -0.15) is 4.98 Å². The molecule has 0 saturated carbocycles. The van der Waals surface area contributed by atoms with Gasteiger partial charge in [0.1, 0.15) is 11.6 Å². The molecule has 0 fully saturated rings. The number of ether oxygens (including phenoxy) is 2. The summed E-state index contributed by atoms with van der Waals surface area (Å²) < 4.78 is 37.6. The first-order valence-corrected chi connectivity index (χ1v) is 6.16. The second kappa shape index (κ2) is 6.29. The number of halogens is 2. The standard InChI is InChI=1S/C13H13F2N3O3/c1-3-20-11(19)7-21-13-16-12(18(2)17-13)9-5-4-8(14)6-10(9)15/h4-6H,3,7H2,1-2H3. The van der Waals surface area contributed by atoms with Crippen molar-refractivity contribution < 1.29 is 23.0 Å². The Morgan fingerprint density at radius 2 is 2.14 bits per heavy atom. The summed E-state index contributed by atoms with van der Waals surface area (Å²) in [6.07, 6.45) is 0. The van der Waals surface area contributed by atoms with E-state index in [1.807, 2.05) is 0 Å². The van der Waals surface area contributed by atoms with Gasteiger partial charge in [-0.15, -0.1) is 5.10 Å². The van der Waals surface area contributed by atoms with E-state index in [0.717, 1.165) is 12.1 Å². The van der Waals surface area contributed by atoms with Crippen LogP contribution in [0.1, 0.15) is 6.92 Å². The van der Waals surface area contributed by atoms with Crippen molar-refractivity contribution in [1.82, 2.24) is 14.8 Å². The summed E-state index contributed by atoms with van der Waals surface area (Å²) in [7, 11) is 1.53. The molecular formula is C13H13F2N3O3. The van der Waals surface area contributed by atoms with Gasteiger partial charge in [-0.1, -0.05) is 0 Å². The van der Waals surface area contributed by atoms with Gasteiger partial charge in [0.2, 0.25) is 0 Å². The van der Waals surface area contributed by atoms with E-state index in [1.165, 1.54) is 17.8 Å². The predicted molar refractivity (Wildman–Crippen MR) is 68.5 cm³/mol. The van der Waals surface area contributed by atoms with Crippen LogP contribution < -0.4 is 4.74 Å². The minimum absolute atomic E-state index is 0.0809. The van der Waals surface area contributed by atoms with Crippen LogP contribution in [-0.2, 0) is 16.6 Å². The Labute approximate surface area is 119 Å². The van der Waals surface area contributed by atoms with Crippen LogP contribution >= 0.6 is 0 Å². The van der Waals surface area contributed by atoms with Crippen molar-refractivity contribution in [3.63, 3.8) is 0 Å². The van der Waals surface area contributed by atoms with Crippen molar-refractivity contribution in [3.8, 4) is 17.4 Å². The predicted octanol–water partition coefficient (Wildman–Crippen LogP) is 1.70. The maximum atomic E-state index is 13.7. The monoisotopic (exact) mass is 297 g/mol. The van der Waals surface area contributed by atoms with E-state index >= 15 is 0 Å². The van der Waals surface area contributed by atoms with Crippen molar-refractivity contribution in [2.75, 3.05) is 13.2 Å². The van der Waals surface area contributed by atoms with Crippen LogP contribution in [-0.4, -0.2) is 33.9 Å². The number of hydrogen-bond donors (Lipinski definition) is 0. The van der Waals surface area contributed by atoms with Crippen LogP contribution in [0.15, 0.2) is 18.2 Å². The van der Waals surface area contributed by atoms with E-state index in [-0.39, 0.29) is 30.6 Å². The highest BCUT2D eigenvalue weighted by Crippen LogP contribution is 2.22. The molecule has 21 heavy (non-hydrogen) atoms. The number of rotatable bonds is 5. The molecule has 112 valence electrons. The number of nitrogens with zero attached hydrogens (tertiary/aromatic N) is 3. The number of carbonyl (C=O) groups excluding carboxylic acids is 1. The van der Waals surface area contributed by atoms with Crippen molar-refractivity contribution in [3.05, 3.63) is 29.8 Å². The Morgan fingerprint density at radius 3 is 2.81 bits per heavy atom. The molecule has 0 unspecified atom stereocenters. The fourth-order valence-corrected chi connectivity index (χ4v) is 1.65. The summed E-state index contributed by atoms with van der Waals surface area (Å²) in [5.41, 5.74) is 0.0809. The third-order valence-electron chi connectivity index (χ3n) is 2.54. The lowest BCUT2D eigenvalue weighted by atomic mass is 10.2. The molecule has 1 heterocycles. The summed E-state index contributed by atoms with van der Waals surface area (Å²) in [6, 6.07) is 3.03. The molecule has 0 saturated heterocycles. The third-order valence-corrected chi connectivity index (χ3v) is 2.54. The minimum atomic E-state index is -0.762. The molecule has 2 aromatic rings. The highest BCUT2D eigenvalue weighted by molar-refractivity contribution is 5.70. The molecule has 0 aliphatic heterocycles. The Bertz CT molecular complexity index is 658. The SMILES string of the molecule is CCOC(=O)COc1nc(-c2ccc(F)cc2F)n(C)n1. The molecule has 0 atom stereocenters. The van der Waals surface area contributed by atoms with Gasteiger partial charge >= 0.3 is 12.0 Å². The number of aromatic nitrogens is 3.